The van der Waals surface area contributed by atoms with Crippen molar-refractivity contribution in [2.45, 2.75) is 37.2 Å². The predicted octanol–water partition coefficient (Wildman–Crippen LogP) is 0.111. The average molecular weight is 205 g/mol. The van der Waals surface area contributed by atoms with Crippen LogP contribution in [0.1, 0.15) is 27.2 Å². The highest BCUT2D eigenvalue weighted by Crippen LogP contribution is 2.29. The Kier molecular flexibility index (Phi) is 4.26. The Morgan fingerprint density at radius 2 is 1.92 bits per heavy atom. The predicted molar refractivity (Wildman–Crippen MR) is 48.4 cm³/mol. The fourth-order valence-electron chi connectivity index (χ4n) is 0.758. The summed E-state index contributed by atoms with van der Waals surface area (Å²) in [6.45, 7) is 5.51. The van der Waals surface area contributed by atoms with Crippen LogP contribution < -0.4 is 5.11 Å². The molecule has 0 aliphatic carbocycles. The first-order chi connectivity index (χ1) is 5.72. The normalized spacial score (nSPS) is 13.8. The van der Waals surface area contributed by atoms with E-state index in [2.05, 4.69) is 0 Å². The molecule has 0 saturated carbocycles. The number of thioether (sulfide) groups is 1. The Hall–Kier alpha value is -0.710. The zero-order valence-corrected chi connectivity index (χ0v) is 8.68. The van der Waals surface area contributed by atoms with Crippen LogP contribution in [0.3, 0.4) is 0 Å². The molecule has 0 aromatic rings. The summed E-state index contributed by atoms with van der Waals surface area (Å²) < 4.78 is -0.265. The van der Waals surface area contributed by atoms with Gasteiger partial charge in [-0.15, -0.1) is 11.8 Å². The van der Waals surface area contributed by atoms with Gasteiger partial charge in [-0.2, -0.15) is 0 Å². The molecule has 0 fully saturated rings. The van der Waals surface area contributed by atoms with Gasteiger partial charge >= 0.3 is 5.97 Å². The highest BCUT2D eigenvalue weighted by atomic mass is 32.2. The number of hydrogen-bond donors (Lipinski definition) is 1. The molecule has 1 unspecified atom stereocenters. The van der Waals surface area contributed by atoms with Crippen molar-refractivity contribution < 1.29 is 19.8 Å². The van der Waals surface area contributed by atoms with E-state index in [1.807, 2.05) is 20.8 Å². The highest BCUT2D eigenvalue weighted by Gasteiger charge is 2.24. The quantitative estimate of drug-likeness (QED) is 0.705. The first-order valence-corrected chi connectivity index (χ1v) is 4.71. The molecule has 76 valence electrons. The minimum Gasteiger partial charge on any atom is -0.550 e. The Balaban J connectivity index is 4.27. The minimum absolute atomic E-state index is 0.265. The molecule has 0 aromatic heterocycles. The molecule has 1 atom stereocenters. The van der Waals surface area contributed by atoms with Crippen molar-refractivity contribution in [3.8, 4) is 0 Å². The summed E-state index contributed by atoms with van der Waals surface area (Å²) in [5.41, 5.74) is 0. The monoisotopic (exact) mass is 205 g/mol. The molecule has 0 radical (unpaired) electrons. The highest BCUT2D eigenvalue weighted by molar-refractivity contribution is 8.01. The van der Waals surface area contributed by atoms with E-state index in [0.29, 0.717) is 0 Å². The van der Waals surface area contributed by atoms with E-state index >= 15 is 0 Å². The summed E-state index contributed by atoms with van der Waals surface area (Å²) in [6, 6.07) is 0. The number of carbonyl (C=O) groups is 2. The lowest BCUT2D eigenvalue weighted by Gasteiger charge is -2.23. The average Bonchev–Trinajstić information content (AvgIpc) is 1.81. The van der Waals surface area contributed by atoms with Gasteiger partial charge in [0.05, 0.1) is 0 Å². The van der Waals surface area contributed by atoms with Crippen LogP contribution in [0.4, 0.5) is 0 Å². The first-order valence-electron chi connectivity index (χ1n) is 3.83. The van der Waals surface area contributed by atoms with Crippen LogP contribution in [0.2, 0.25) is 0 Å². The number of carboxylic acid groups (broad SMARTS) is 2. The van der Waals surface area contributed by atoms with E-state index in [4.69, 9.17) is 5.11 Å². The first kappa shape index (κ1) is 12.3. The maximum Gasteiger partial charge on any atom is 0.317 e. The second-order valence-corrected chi connectivity index (χ2v) is 5.66. The minimum atomic E-state index is -1.33. The molecule has 0 saturated heterocycles. The van der Waals surface area contributed by atoms with Crippen LogP contribution >= 0.6 is 11.8 Å². The number of aliphatic carboxylic acids is 2. The van der Waals surface area contributed by atoms with Gasteiger partial charge in [-0.3, -0.25) is 4.79 Å². The van der Waals surface area contributed by atoms with Gasteiger partial charge in [0, 0.05) is 17.1 Å². The van der Waals surface area contributed by atoms with Crippen molar-refractivity contribution in [3.63, 3.8) is 0 Å². The fraction of sp³-hybridized carbons (Fsp3) is 0.750. The Morgan fingerprint density at radius 3 is 2.15 bits per heavy atom. The molecule has 4 nitrogen and oxygen atoms in total. The van der Waals surface area contributed by atoms with Gasteiger partial charge in [0.25, 0.3) is 0 Å². The molecule has 0 amide bonds. The Labute approximate surface area is 81.3 Å². The van der Waals surface area contributed by atoms with Crippen LogP contribution in [0.5, 0.6) is 0 Å². The summed E-state index contributed by atoms with van der Waals surface area (Å²) in [7, 11) is 0. The van der Waals surface area contributed by atoms with Gasteiger partial charge in [0.15, 0.2) is 0 Å². The van der Waals surface area contributed by atoms with E-state index in [1.54, 1.807) is 0 Å². The van der Waals surface area contributed by atoms with E-state index in [-0.39, 0.29) is 4.75 Å². The summed E-state index contributed by atoms with van der Waals surface area (Å²) in [5, 5.41) is 18.0. The van der Waals surface area contributed by atoms with Crippen molar-refractivity contribution >= 4 is 23.7 Å². The smallest absolute Gasteiger partial charge is 0.317 e. The van der Waals surface area contributed by atoms with Crippen LogP contribution in [0.15, 0.2) is 0 Å². The van der Waals surface area contributed by atoms with Crippen molar-refractivity contribution in [1.82, 2.24) is 0 Å². The standard InChI is InChI=1S/C8H14O4S/c1-8(2,3)13-5(7(11)12)4-6(9)10/h5H,4H2,1-3H3,(H,9,10)(H,11,12)/p-1. The molecule has 5 heteroatoms. The van der Waals surface area contributed by atoms with Crippen molar-refractivity contribution in [1.29, 1.82) is 0 Å². The zero-order chi connectivity index (χ0) is 10.6. The summed E-state index contributed by atoms with van der Waals surface area (Å²) in [6.07, 6.45) is -0.447. The lowest BCUT2D eigenvalue weighted by atomic mass is 10.2. The summed E-state index contributed by atoms with van der Waals surface area (Å²) in [5.74, 6) is -2.44. The Bertz CT molecular complexity index is 207. The molecule has 0 bridgehead atoms. The van der Waals surface area contributed by atoms with Crippen LogP contribution in [0, 0.1) is 0 Å². The summed E-state index contributed by atoms with van der Waals surface area (Å²) >= 11 is 1.12. The topological polar surface area (TPSA) is 77.4 Å². The molecule has 0 spiro atoms. The van der Waals surface area contributed by atoms with Gasteiger partial charge < -0.3 is 15.0 Å². The van der Waals surface area contributed by atoms with E-state index in [1.165, 1.54) is 0 Å². The van der Waals surface area contributed by atoms with Crippen molar-refractivity contribution in [3.05, 3.63) is 0 Å². The van der Waals surface area contributed by atoms with Crippen LogP contribution in [0.25, 0.3) is 0 Å². The molecule has 0 aliphatic heterocycles. The third-order valence-electron chi connectivity index (χ3n) is 1.12. The van der Waals surface area contributed by atoms with E-state index in [0.717, 1.165) is 11.8 Å². The molecular formula is C8H13O4S-. The van der Waals surface area contributed by atoms with Crippen molar-refractivity contribution in [2.75, 3.05) is 0 Å². The molecule has 0 aliphatic rings. The van der Waals surface area contributed by atoms with Crippen molar-refractivity contribution in [2.24, 2.45) is 0 Å². The number of carbonyl (C=O) groups excluding carboxylic acids is 1. The third-order valence-corrected chi connectivity index (χ3v) is 2.48. The van der Waals surface area contributed by atoms with E-state index < -0.39 is 23.6 Å². The maximum absolute atomic E-state index is 10.6. The van der Waals surface area contributed by atoms with Crippen LogP contribution in [-0.2, 0) is 9.59 Å². The fourth-order valence-corrected chi connectivity index (χ4v) is 1.93. The molecular weight excluding hydrogens is 192 g/mol. The van der Waals surface area contributed by atoms with Gasteiger partial charge in [-0.1, -0.05) is 20.8 Å². The number of rotatable bonds is 4. The maximum atomic E-state index is 10.6. The van der Waals surface area contributed by atoms with Gasteiger partial charge in [0.2, 0.25) is 0 Å². The lowest BCUT2D eigenvalue weighted by molar-refractivity contribution is -0.305. The second kappa shape index (κ2) is 4.50. The molecule has 0 heterocycles. The molecule has 0 rings (SSSR count). The zero-order valence-electron chi connectivity index (χ0n) is 7.86. The largest absolute Gasteiger partial charge is 0.550 e. The molecule has 0 aromatic carbocycles. The molecule has 1 N–H and O–H groups in total. The summed E-state index contributed by atoms with van der Waals surface area (Å²) in [4.78, 5) is 20.8. The third kappa shape index (κ3) is 6.45. The van der Waals surface area contributed by atoms with E-state index in [9.17, 15) is 14.7 Å². The number of hydrogen-bond acceptors (Lipinski definition) is 4. The SMILES string of the molecule is CC(C)(C)SC(CC(=O)[O-])C(=O)O. The van der Waals surface area contributed by atoms with Gasteiger partial charge in [0.1, 0.15) is 5.25 Å². The molecule has 13 heavy (non-hydrogen) atoms. The van der Waals surface area contributed by atoms with Gasteiger partial charge in [-0.05, 0) is 0 Å². The Morgan fingerprint density at radius 1 is 1.46 bits per heavy atom. The van der Waals surface area contributed by atoms with Gasteiger partial charge in [-0.25, -0.2) is 0 Å². The lowest BCUT2D eigenvalue weighted by Crippen LogP contribution is -2.32. The second-order valence-electron chi connectivity index (χ2n) is 3.63. The number of carboxylic acids is 2. The van der Waals surface area contributed by atoms with Crippen LogP contribution in [-0.4, -0.2) is 27.0 Å².